The van der Waals surface area contributed by atoms with E-state index < -0.39 is 23.7 Å². The average Bonchev–Trinajstić information content (AvgIpc) is 2.47. The van der Waals surface area contributed by atoms with E-state index in [1.54, 1.807) is 30.3 Å². The molecule has 3 rings (SSSR count). The van der Waals surface area contributed by atoms with Gasteiger partial charge in [-0.15, -0.1) is 0 Å². The molecule has 0 radical (unpaired) electrons. The fourth-order valence-corrected chi connectivity index (χ4v) is 2.56. The molecule has 0 saturated carbocycles. The van der Waals surface area contributed by atoms with E-state index in [1.807, 2.05) is 0 Å². The highest BCUT2D eigenvalue weighted by atomic mass is 19.3. The molecule has 0 bridgehead atoms. The number of hydrogen-bond acceptors (Lipinski definition) is 1. The molecule has 1 saturated heterocycles. The minimum Gasteiger partial charge on any atom is -0.319 e. The number of amides is 1. The van der Waals surface area contributed by atoms with Crippen molar-refractivity contribution in [3.05, 3.63) is 71.5 Å². The first kappa shape index (κ1) is 13.7. The third-order valence-electron chi connectivity index (χ3n) is 3.56. The van der Waals surface area contributed by atoms with E-state index in [9.17, 15) is 18.0 Å². The van der Waals surface area contributed by atoms with Gasteiger partial charge in [0.25, 0.3) is 5.91 Å². The Labute approximate surface area is 119 Å². The van der Waals surface area contributed by atoms with Crippen molar-refractivity contribution in [2.75, 3.05) is 0 Å². The summed E-state index contributed by atoms with van der Waals surface area (Å²) in [6.45, 7) is 0.0798. The van der Waals surface area contributed by atoms with E-state index in [1.165, 1.54) is 18.2 Å². The van der Waals surface area contributed by atoms with Gasteiger partial charge in [-0.05, 0) is 23.3 Å². The molecule has 1 heterocycles. The first-order valence-corrected chi connectivity index (χ1v) is 6.48. The largest absolute Gasteiger partial charge is 0.348 e. The Hall–Kier alpha value is -2.30. The summed E-state index contributed by atoms with van der Waals surface area (Å²) in [6, 6.07) is 12.5. The van der Waals surface area contributed by atoms with Crippen LogP contribution in [0.5, 0.6) is 0 Å². The predicted octanol–water partition coefficient (Wildman–Crippen LogP) is 3.54. The Balaban J connectivity index is 1.91. The van der Waals surface area contributed by atoms with Gasteiger partial charge in [-0.25, -0.2) is 4.39 Å². The second-order valence-corrected chi connectivity index (χ2v) is 5.00. The van der Waals surface area contributed by atoms with E-state index in [4.69, 9.17) is 0 Å². The maximum Gasteiger partial charge on any atom is 0.348 e. The SMILES string of the molecule is O=C1N(Cc2ccccc2)[C@H](c2cccc(F)c2)C1(F)F. The molecule has 21 heavy (non-hydrogen) atoms. The summed E-state index contributed by atoms with van der Waals surface area (Å²) in [6.07, 6.45) is 0. The van der Waals surface area contributed by atoms with Gasteiger partial charge in [-0.1, -0.05) is 42.5 Å². The number of hydrogen-bond donors (Lipinski definition) is 0. The highest BCUT2D eigenvalue weighted by Gasteiger charge is 2.63. The lowest BCUT2D eigenvalue weighted by Crippen LogP contribution is -2.63. The Morgan fingerprint density at radius 3 is 2.43 bits per heavy atom. The number of benzene rings is 2. The zero-order chi connectivity index (χ0) is 15.0. The zero-order valence-corrected chi connectivity index (χ0v) is 11.0. The van der Waals surface area contributed by atoms with Crippen molar-refractivity contribution >= 4 is 5.91 Å². The molecule has 1 aliphatic heterocycles. The van der Waals surface area contributed by atoms with E-state index in [2.05, 4.69) is 0 Å². The number of carbonyl (C=O) groups is 1. The number of halogens is 3. The first-order valence-electron chi connectivity index (χ1n) is 6.48. The van der Waals surface area contributed by atoms with Crippen molar-refractivity contribution in [1.82, 2.24) is 4.90 Å². The van der Waals surface area contributed by atoms with Crippen molar-refractivity contribution in [3.8, 4) is 0 Å². The summed E-state index contributed by atoms with van der Waals surface area (Å²) in [5, 5.41) is 0. The van der Waals surface area contributed by atoms with Crippen molar-refractivity contribution in [2.24, 2.45) is 0 Å². The Bertz CT molecular complexity index is 672. The number of carbonyl (C=O) groups excluding carboxylic acids is 1. The smallest absolute Gasteiger partial charge is 0.319 e. The fraction of sp³-hybridized carbons (Fsp3) is 0.188. The predicted molar refractivity (Wildman–Crippen MR) is 71.1 cm³/mol. The van der Waals surface area contributed by atoms with Crippen LogP contribution in [-0.2, 0) is 11.3 Å². The summed E-state index contributed by atoms with van der Waals surface area (Å²) in [7, 11) is 0. The molecule has 5 heteroatoms. The second kappa shape index (κ2) is 4.91. The molecule has 2 nitrogen and oxygen atoms in total. The van der Waals surface area contributed by atoms with Crippen LogP contribution in [0.25, 0.3) is 0 Å². The van der Waals surface area contributed by atoms with E-state index >= 15 is 0 Å². The third kappa shape index (κ3) is 2.28. The minimum absolute atomic E-state index is 0.0798. The first-order chi connectivity index (χ1) is 10.00. The number of nitrogens with zero attached hydrogens (tertiary/aromatic N) is 1. The van der Waals surface area contributed by atoms with Crippen LogP contribution in [-0.4, -0.2) is 16.7 Å². The zero-order valence-electron chi connectivity index (χ0n) is 11.0. The number of alkyl halides is 2. The van der Waals surface area contributed by atoms with E-state index in [0.29, 0.717) is 0 Å². The summed E-state index contributed by atoms with van der Waals surface area (Å²) in [4.78, 5) is 12.7. The molecule has 0 N–H and O–H groups in total. The van der Waals surface area contributed by atoms with Crippen molar-refractivity contribution in [2.45, 2.75) is 18.5 Å². The third-order valence-corrected chi connectivity index (χ3v) is 3.56. The fourth-order valence-electron chi connectivity index (χ4n) is 2.56. The summed E-state index contributed by atoms with van der Waals surface area (Å²) >= 11 is 0. The molecule has 0 aliphatic carbocycles. The van der Waals surface area contributed by atoms with Gasteiger partial charge < -0.3 is 4.90 Å². The van der Waals surface area contributed by atoms with Gasteiger partial charge in [0, 0.05) is 6.54 Å². The van der Waals surface area contributed by atoms with Crippen LogP contribution in [0, 0.1) is 5.82 Å². The summed E-state index contributed by atoms with van der Waals surface area (Å²) < 4.78 is 40.9. The van der Waals surface area contributed by atoms with Crippen LogP contribution in [0.4, 0.5) is 13.2 Å². The molecule has 1 atom stereocenters. The maximum atomic E-state index is 13.9. The van der Waals surface area contributed by atoms with Crippen LogP contribution in [0.1, 0.15) is 17.2 Å². The highest BCUT2D eigenvalue weighted by Crippen LogP contribution is 2.48. The normalized spacial score (nSPS) is 20.2. The maximum absolute atomic E-state index is 13.9. The molecule has 1 fully saturated rings. The molecule has 0 aromatic heterocycles. The van der Waals surface area contributed by atoms with Gasteiger partial charge in [0.05, 0.1) is 0 Å². The summed E-state index contributed by atoms with van der Waals surface area (Å²) in [5.74, 6) is -5.30. The summed E-state index contributed by atoms with van der Waals surface area (Å²) in [5.41, 5.74) is 0.860. The molecular formula is C16H12F3NO. The number of likely N-dealkylation sites (tertiary alicyclic amines) is 1. The Morgan fingerprint density at radius 2 is 1.76 bits per heavy atom. The molecule has 2 aromatic carbocycles. The lowest BCUT2D eigenvalue weighted by atomic mass is 9.89. The highest BCUT2D eigenvalue weighted by molar-refractivity contribution is 5.91. The van der Waals surface area contributed by atoms with Gasteiger partial charge in [-0.2, -0.15) is 8.78 Å². The molecule has 1 amide bonds. The van der Waals surface area contributed by atoms with Gasteiger partial charge >= 0.3 is 5.92 Å². The quantitative estimate of drug-likeness (QED) is 0.792. The minimum atomic E-state index is -3.48. The van der Waals surface area contributed by atoms with Crippen molar-refractivity contribution in [3.63, 3.8) is 0 Å². The average molecular weight is 291 g/mol. The second-order valence-electron chi connectivity index (χ2n) is 5.00. The Kier molecular flexibility index (Phi) is 3.20. The van der Waals surface area contributed by atoms with Gasteiger partial charge in [-0.3, -0.25) is 4.79 Å². The molecule has 1 aliphatic rings. The van der Waals surface area contributed by atoms with Gasteiger partial charge in [0.2, 0.25) is 0 Å². The van der Waals surface area contributed by atoms with Gasteiger partial charge in [0.1, 0.15) is 11.9 Å². The van der Waals surface area contributed by atoms with Gasteiger partial charge in [0.15, 0.2) is 0 Å². The number of β-lactam (4-membered cyclic amide) rings is 1. The molecule has 0 unspecified atom stereocenters. The van der Waals surface area contributed by atoms with E-state index in [0.717, 1.165) is 16.5 Å². The standard InChI is InChI=1S/C16H12F3NO/c17-13-8-4-7-12(9-13)14-16(18,19)15(21)20(14)10-11-5-2-1-3-6-11/h1-9,14H,10H2/t14-/m1/s1. The molecular weight excluding hydrogens is 279 g/mol. The topological polar surface area (TPSA) is 20.3 Å². The molecule has 0 spiro atoms. The lowest BCUT2D eigenvalue weighted by Gasteiger charge is -2.46. The Morgan fingerprint density at radius 1 is 1.05 bits per heavy atom. The van der Waals surface area contributed by atoms with Crippen molar-refractivity contribution in [1.29, 1.82) is 0 Å². The monoisotopic (exact) mass is 291 g/mol. The number of rotatable bonds is 3. The van der Waals surface area contributed by atoms with Crippen LogP contribution in [0.2, 0.25) is 0 Å². The van der Waals surface area contributed by atoms with Crippen LogP contribution >= 0.6 is 0 Å². The van der Waals surface area contributed by atoms with Crippen molar-refractivity contribution < 1.29 is 18.0 Å². The van der Waals surface area contributed by atoms with Crippen LogP contribution < -0.4 is 0 Å². The molecule has 2 aromatic rings. The van der Waals surface area contributed by atoms with E-state index in [-0.39, 0.29) is 12.1 Å². The lowest BCUT2D eigenvalue weighted by molar-refractivity contribution is -0.207. The van der Waals surface area contributed by atoms with Crippen LogP contribution in [0.3, 0.4) is 0 Å². The molecule has 108 valence electrons. The van der Waals surface area contributed by atoms with Crippen LogP contribution in [0.15, 0.2) is 54.6 Å².